The van der Waals surface area contributed by atoms with E-state index in [0.717, 1.165) is 28.6 Å². The van der Waals surface area contributed by atoms with E-state index in [4.69, 9.17) is 4.18 Å². The highest BCUT2D eigenvalue weighted by Gasteiger charge is 2.13. The van der Waals surface area contributed by atoms with Crippen molar-refractivity contribution < 1.29 is 12.6 Å². The molecule has 0 bridgehead atoms. The number of hydrogen-bond acceptors (Lipinski definition) is 6. The summed E-state index contributed by atoms with van der Waals surface area (Å²) >= 11 is 0. The molecule has 23 heavy (non-hydrogen) atoms. The van der Waals surface area contributed by atoms with Crippen molar-refractivity contribution in [2.24, 2.45) is 5.18 Å². The maximum absolute atomic E-state index is 11.1. The molecule has 1 unspecified atom stereocenters. The van der Waals surface area contributed by atoms with Crippen molar-refractivity contribution in [2.45, 2.75) is 19.4 Å². The summed E-state index contributed by atoms with van der Waals surface area (Å²) in [7, 11) is -3.49. The number of aromatic nitrogens is 1. The predicted molar refractivity (Wildman–Crippen MR) is 88.4 cm³/mol. The van der Waals surface area contributed by atoms with Gasteiger partial charge in [-0.05, 0) is 42.7 Å². The van der Waals surface area contributed by atoms with Gasteiger partial charge in [-0.1, -0.05) is 23.4 Å². The number of benzene rings is 1. The topological polar surface area (TPSA) is 85.7 Å². The molecular weight excluding hydrogens is 316 g/mol. The van der Waals surface area contributed by atoms with Crippen LogP contribution in [-0.4, -0.2) is 26.3 Å². The summed E-state index contributed by atoms with van der Waals surface area (Å²) < 4.78 is 27.0. The van der Waals surface area contributed by atoms with E-state index in [0.29, 0.717) is 6.42 Å². The molecule has 1 heterocycles. The lowest BCUT2D eigenvalue weighted by molar-refractivity contribution is 0.325. The van der Waals surface area contributed by atoms with Crippen LogP contribution < -0.4 is 0 Å². The van der Waals surface area contributed by atoms with E-state index in [1.165, 1.54) is 0 Å². The molecule has 0 aliphatic heterocycles. The molecule has 6 nitrogen and oxygen atoms in total. The van der Waals surface area contributed by atoms with Crippen molar-refractivity contribution in [1.29, 1.82) is 0 Å². The monoisotopic (exact) mass is 334 g/mol. The molecule has 0 spiro atoms. The van der Waals surface area contributed by atoms with Crippen molar-refractivity contribution in [3.63, 3.8) is 0 Å². The Hall–Kier alpha value is -2.12. The maximum atomic E-state index is 11.1. The zero-order valence-corrected chi connectivity index (χ0v) is 13.8. The van der Waals surface area contributed by atoms with E-state index in [1.54, 1.807) is 13.1 Å². The quantitative estimate of drug-likeness (QED) is 0.574. The lowest BCUT2D eigenvalue weighted by Crippen LogP contribution is -2.08. The molecule has 0 saturated carbocycles. The fourth-order valence-electron chi connectivity index (χ4n) is 2.28. The molecule has 0 amide bonds. The smallest absolute Gasteiger partial charge is 0.264 e. The van der Waals surface area contributed by atoms with Gasteiger partial charge in [-0.25, -0.2) is 0 Å². The lowest BCUT2D eigenvalue weighted by atomic mass is 9.96. The molecule has 7 heteroatoms. The van der Waals surface area contributed by atoms with Gasteiger partial charge in [-0.2, -0.15) is 13.3 Å². The minimum Gasteiger partial charge on any atom is -0.270 e. The lowest BCUT2D eigenvalue weighted by Gasteiger charge is -2.13. The Bertz CT molecular complexity index is 776. The molecule has 0 fully saturated rings. The first kappa shape index (κ1) is 17.2. The maximum Gasteiger partial charge on any atom is 0.264 e. The van der Waals surface area contributed by atoms with Crippen LogP contribution >= 0.6 is 0 Å². The summed E-state index contributed by atoms with van der Waals surface area (Å²) in [5.74, 6) is 0. The minimum absolute atomic E-state index is 0.0169. The second kappa shape index (κ2) is 7.43. The van der Waals surface area contributed by atoms with Crippen molar-refractivity contribution >= 4 is 10.1 Å². The zero-order chi connectivity index (χ0) is 16.9. The van der Waals surface area contributed by atoms with Gasteiger partial charge in [0.1, 0.15) is 6.04 Å². The van der Waals surface area contributed by atoms with Gasteiger partial charge in [0.25, 0.3) is 10.1 Å². The average molecular weight is 334 g/mol. The third kappa shape index (κ3) is 4.94. The highest BCUT2D eigenvalue weighted by molar-refractivity contribution is 7.85. The average Bonchev–Trinajstić information content (AvgIpc) is 2.53. The first-order chi connectivity index (χ1) is 10.9. The van der Waals surface area contributed by atoms with Crippen LogP contribution in [0.5, 0.6) is 0 Å². The molecule has 1 atom stereocenters. The van der Waals surface area contributed by atoms with Gasteiger partial charge in [-0.3, -0.25) is 9.17 Å². The molecular formula is C16H18N2O4S. The standard InChI is InChI=1S/C16H18N2O4S/c1-12(18-19)15-7-6-14(16-5-3-4-9-17-16)11-13(15)8-10-22-23(2,20)21/h3-7,9,11-12H,8,10H2,1-2H3. The first-order valence-electron chi connectivity index (χ1n) is 7.12. The Morgan fingerprint density at radius 3 is 2.65 bits per heavy atom. The summed E-state index contributed by atoms with van der Waals surface area (Å²) in [6.07, 6.45) is 3.07. The minimum atomic E-state index is -3.49. The molecule has 0 radical (unpaired) electrons. The Kier molecular flexibility index (Phi) is 5.57. The van der Waals surface area contributed by atoms with Gasteiger partial charge in [0.05, 0.1) is 18.6 Å². The van der Waals surface area contributed by atoms with Gasteiger partial charge >= 0.3 is 0 Å². The summed E-state index contributed by atoms with van der Waals surface area (Å²) in [6.45, 7) is 1.72. The second-order valence-corrected chi connectivity index (χ2v) is 6.83. The molecule has 0 saturated heterocycles. The summed E-state index contributed by atoms with van der Waals surface area (Å²) in [5, 5.41) is 3.05. The van der Waals surface area contributed by atoms with Gasteiger partial charge in [-0.15, -0.1) is 0 Å². The van der Waals surface area contributed by atoms with E-state index in [2.05, 4.69) is 10.2 Å². The normalized spacial score (nSPS) is 12.8. The Morgan fingerprint density at radius 2 is 2.04 bits per heavy atom. The molecule has 2 rings (SSSR count). The number of hydrogen-bond donors (Lipinski definition) is 0. The highest BCUT2D eigenvalue weighted by Crippen LogP contribution is 2.27. The van der Waals surface area contributed by atoms with Crippen LogP contribution in [0.2, 0.25) is 0 Å². The SMILES string of the molecule is CC(N=O)c1ccc(-c2ccccn2)cc1CCOS(C)(=O)=O. The third-order valence-electron chi connectivity index (χ3n) is 3.38. The first-order valence-corrected chi connectivity index (χ1v) is 8.93. The summed E-state index contributed by atoms with van der Waals surface area (Å²) in [5.41, 5.74) is 3.28. The number of pyridine rings is 1. The van der Waals surface area contributed by atoms with Gasteiger partial charge in [0, 0.05) is 11.8 Å². The van der Waals surface area contributed by atoms with E-state index >= 15 is 0 Å². The zero-order valence-electron chi connectivity index (χ0n) is 13.0. The third-order valence-corrected chi connectivity index (χ3v) is 3.98. The highest BCUT2D eigenvalue weighted by atomic mass is 32.2. The molecule has 0 aliphatic carbocycles. The van der Waals surface area contributed by atoms with Crippen LogP contribution in [0.3, 0.4) is 0 Å². The molecule has 122 valence electrons. The van der Waals surface area contributed by atoms with E-state index < -0.39 is 16.2 Å². The van der Waals surface area contributed by atoms with Crippen LogP contribution in [0.1, 0.15) is 24.1 Å². The van der Waals surface area contributed by atoms with Crippen LogP contribution in [0.4, 0.5) is 0 Å². The predicted octanol–water partition coefficient (Wildman–Crippen LogP) is 3.09. The Morgan fingerprint density at radius 1 is 1.26 bits per heavy atom. The Labute approximate surface area is 135 Å². The van der Waals surface area contributed by atoms with Crippen LogP contribution in [-0.2, 0) is 20.7 Å². The van der Waals surface area contributed by atoms with E-state index in [-0.39, 0.29) is 6.61 Å². The summed E-state index contributed by atoms with van der Waals surface area (Å²) in [4.78, 5) is 15.1. The number of nitroso groups, excluding NO2 is 1. The largest absolute Gasteiger partial charge is 0.270 e. The molecule has 0 N–H and O–H groups in total. The molecule has 2 aromatic rings. The fourth-order valence-corrected chi connectivity index (χ4v) is 2.67. The fraction of sp³-hybridized carbons (Fsp3) is 0.312. The van der Waals surface area contributed by atoms with Crippen LogP contribution in [0, 0.1) is 4.91 Å². The van der Waals surface area contributed by atoms with Crippen molar-refractivity contribution in [3.05, 3.63) is 58.6 Å². The van der Waals surface area contributed by atoms with Crippen LogP contribution in [0.25, 0.3) is 11.3 Å². The van der Waals surface area contributed by atoms with Gasteiger partial charge < -0.3 is 0 Å². The summed E-state index contributed by atoms with van der Waals surface area (Å²) in [6, 6.07) is 10.7. The molecule has 1 aromatic heterocycles. The van der Waals surface area contributed by atoms with E-state index in [9.17, 15) is 13.3 Å². The Balaban J connectivity index is 2.32. The van der Waals surface area contributed by atoms with Gasteiger partial charge in [0.15, 0.2) is 0 Å². The molecule has 0 aliphatic rings. The van der Waals surface area contributed by atoms with Gasteiger partial charge in [0.2, 0.25) is 0 Å². The number of nitrogens with zero attached hydrogens (tertiary/aromatic N) is 2. The van der Waals surface area contributed by atoms with E-state index in [1.807, 2.05) is 36.4 Å². The van der Waals surface area contributed by atoms with Crippen molar-refractivity contribution in [1.82, 2.24) is 4.98 Å². The van der Waals surface area contributed by atoms with Crippen molar-refractivity contribution in [3.8, 4) is 11.3 Å². The number of rotatable bonds is 7. The van der Waals surface area contributed by atoms with Crippen molar-refractivity contribution in [2.75, 3.05) is 12.9 Å². The molecule has 1 aromatic carbocycles. The van der Waals surface area contributed by atoms with Crippen LogP contribution in [0.15, 0.2) is 47.8 Å². The second-order valence-electron chi connectivity index (χ2n) is 5.19.